The molecular weight excluding hydrogens is 270 g/mol. The summed E-state index contributed by atoms with van der Waals surface area (Å²) in [6, 6.07) is -0.0654. The first-order chi connectivity index (χ1) is 9.97. The molecule has 2 heterocycles. The largest absolute Gasteiger partial charge is 0.332 e. The SMILES string of the molecule is CCn1c(=O)c2c(nc(CCN)n2CC)n(C(C)C)c1=O. The molecule has 0 atom stereocenters. The molecule has 7 nitrogen and oxygen atoms in total. The molecule has 2 rings (SSSR count). The van der Waals surface area contributed by atoms with Gasteiger partial charge in [-0.2, -0.15) is 0 Å². The van der Waals surface area contributed by atoms with Gasteiger partial charge in [-0.1, -0.05) is 0 Å². The molecule has 0 aliphatic heterocycles. The summed E-state index contributed by atoms with van der Waals surface area (Å²) in [6.45, 7) is 9.02. The highest BCUT2D eigenvalue weighted by Crippen LogP contribution is 2.15. The van der Waals surface area contributed by atoms with Gasteiger partial charge in [0.15, 0.2) is 11.2 Å². The minimum absolute atomic E-state index is 0.0654. The van der Waals surface area contributed by atoms with E-state index in [2.05, 4.69) is 4.98 Å². The highest BCUT2D eigenvalue weighted by atomic mass is 16.2. The summed E-state index contributed by atoms with van der Waals surface area (Å²) in [5.74, 6) is 0.759. The van der Waals surface area contributed by atoms with Gasteiger partial charge in [-0.3, -0.25) is 13.9 Å². The molecule has 0 aromatic carbocycles. The van der Waals surface area contributed by atoms with Gasteiger partial charge in [0.2, 0.25) is 0 Å². The lowest BCUT2D eigenvalue weighted by atomic mass is 10.3. The Morgan fingerprint density at radius 2 is 1.76 bits per heavy atom. The monoisotopic (exact) mass is 293 g/mol. The summed E-state index contributed by atoms with van der Waals surface area (Å²) in [7, 11) is 0. The van der Waals surface area contributed by atoms with Crippen LogP contribution in [0.3, 0.4) is 0 Å². The van der Waals surface area contributed by atoms with Crippen LogP contribution in [-0.2, 0) is 19.5 Å². The lowest BCUT2D eigenvalue weighted by molar-refractivity contribution is 0.532. The maximum atomic E-state index is 12.6. The van der Waals surface area contributed by atoms with Crippen LogP contribution >= 0.6 is 0 Å². The standard InChI is InChI=1S/C14H23N5O2/c1-5-17-10(7-8-15)16-12-11(17)13(20)18(6-2)14(21)19(12)9(3)4/h9H,5-8,15H2,1-4H3. The maximum Gasteiger partial charge on any atom is 0.332 e. The van der Waals surface area contributed by atoms with E-state index in [1.165, 1.54) is 4.57 Å². The molecule has 0 spiro atoms. The second kappa shape index (κ2) is 5.85. The number of aryl methyl sites for hydroxylation is 1. The van der Waals surface area contributed by atoms with Crippen LogP contribution in [0.1, 0.15) is 39.6 Å². The molecule has 21 heavy (non-hydrogen) atoms. The van der Waals surface area contributed by atoms with Crippen LogP contribution in [0.4, 0.5) is 0 Å². The molecule has 2 N–H and O–H groups in total. The molecule has 116 valence electrons. The highest BCUT2D eigenvalue weighted by molar-refractivity contribution is 5.71. The van der Waals surface area contributed by atoms with E-state index in [-0.39, 0.29) is 17.3 Å². The predicted molar refractivity (Wildman–Crippen MR) is 82.7 cm³/mol. The van der Waals surface area contributed by atoms with Crippen LogP contribution in [0, 0.1) is 0 Å². The fraction of sp³-hybridized carbons (Fsp3) is 0.643. The number of fused-ring (bicyclic) bond motifs is 1. The molecule has 0 aliphatic rings. The van der Waals surface area contributed by atoms with Crippen molar-refractivity contribution >= 4 is 11.2 Å². The van der Waals surface area contributed by atoms with Gasteiger partial charge in [0.1, 0.15) is 5.82 Å². The minimum Gasteiger partial charge on any atom is -0.330 e. The Hall–Kier alpha value is -1.89. The second-order valence-electron chi connectivity index (χ2n) is 5.28. The Labute approximate surface area is 123 Å². The second-order valence-corrected chi connectivity index (χ2v) is 5.28. The number of aromatic nitrogens is 4. The van der Waals surface area contributed by atoms with Crippen LogP contribution in [0.15, 0.2) is 9.59 Å². The fourth-order valence-electron chi connectivity index (χ4n) is 2.70. The van der Waals surface area contributed by atoms with E-state index in [1.54, 1.807) is 11.5 Å². The number of hydrogen-bond acceptors (Lipinski definition) is 4. The van der Waals surface area contributed by atoms with Crippen molar-refractivity contribution in [2.24, 2.45) is 5.73 Å². The van der Waals surface area contributed by atoms with E-state index >= 15 is 0 Å². The van der Waals surface area contributed by atoms with Crippen molar-refractivity contribution in [1.82, 2.24) is 18.7 Å². The zero-order valence-corrected chi connectivity index (χ0v) is 13.1. The first-order valence-electron chi connectivity index (χ1n) is 7.42. The topological polar surface area (TPSA) is 87.8 Å². The average molecular weight is 293 g/mol. The zero-order chi connectivity index (χ0) is 15.7. The number of nitrogens with two attached hydrogens (primary N) is 1. The van der Waals surface area contributed by atoms with Gasteiger partial charge in [0.05, 0.1) is 0 Å². The predicted octanol–water partition coefficient (Wildman–Crippen LogP) is 0.482. The smallest absolute Gasteiger partial charge is 0.330 e. The van der Waals surface area contributed by atoms with Crippen LogP contribution in [-0.4, -0.2) is 25.2 Å². The Morgan fingerprint density at radius 1 is 1.14 bits per heavy atom. The molecule has 0 aliphatic carbocycles. The molecule has 2 aromatic rings. The summed E-state index contributed by atoms with van der Waals surface area (Å²) in [5.41, 5.74) is 6.01. The van der Waals surface area contributed by atoms with Gasteiger partial charge < -0.3 is 10.3 Å². The van der Waals surface area contributed by atoms with Crippen molar-refractivity contribution in [2.75, 3.05) is 6.54 Å². The van der Waals surface area contributed by atoms with E-state index in [1.807, 2.05) is 25.3 Å². The lowest BCUT2D eigenvalue weighted by Gasteiger charge is -2.13. The van der Waals surface area contributed by atoms with E-state index < -0.39 is 0 Å². The van der Waals surface area contributed by atoms with Crippen LogP contribution in [0.5, 0.6) is 0 Å². The Kier molecular flexibility index (Phi) is 4.32. The minimum atomic E-state index is -0.301. The van der Waals surface area contributed by atoms with Crippen molar-refractivity contribution < 1.29 is 0 Å². The molecule has 0 amide bonds. The van der Waals surface area contributed by atoms with Crippen molar-refractivity contribution in [2.45, 2.75) is 53.2 Å². The van der Waals surface area contributed by atoms with Gasteiger partial charge in [-0.15, -0.1) is 0 Å². The molecule has 0 fully saturated rings. The van der Waals surface area contributed by atoms with E-state index in [4.69, 9.17) is 5.73 Å². The molecule has 0 bridgehead atoms. The van der Waals surface area contributed by atoms with Crippen LogP contribution in [0.25, 0.3) is 11.2 Å². The summed E-state index contributed by atoms with van der Waals surface area (Å²) < 4.78 is 4.73. The first kappa shape index (κ1) is 15.5. The Bertz CT molecular complexity index is 766. The van der Waals surface area contributed by atoms with Crippen LogP contribution in [0.2, 0.25) is 0 Å². The normalized spacial score (nSPS) is 11.7. The summed E-state index contributed by atoms with van der Waals surface area (Å²) >= 11 is 0. The lowest BCUT2D eigenvalue weighted by Crippen LogP contribution is -2.40. The quantitative estimate of drug-likeness (QED) is 0.868. The molecular formula is C14H23N5O2. The Balaban J connectivity index is 3.02. The summed E-state index contributed by atoms with van der Waals surface area (Å²) in [6.07, 6.45) is 0.584. The molecule has 0 radical (unpaired) electrons. The number of imidazole rings is 1. The van der Waals surface area contributed by atoms with Crippen molar-refractivity contribution in [1.29, 1.82) is 0 Å². The molecule has 0 saturated heterocycles. The Morgan fingerprint density at radius 3 is 2.24 bits per heavy atom. The molecule has 0 unspecified atom stereocenters. The van der Waals surface area contributed by atoms with Crippen LogP contribution < -0.4 is 17.0 Å². The average Bonchev–Trinajstić information content (AvgIpc) is 2.77. The molecule has 0 saturated carbocycles. The van der Waals surface area contributed by atoms with E-state index in [0.29, 0.717) is 37.2 Å². The third-order valence-corrected chi connectivity index (χ3v) is 3.66. The van der Waals surface area contributed by atoms with E-state index in [0.717, 1.165) is 5.82 Å². The van der Waals surface area contributed by atoms with E-state index in [9.17, 15) is 9.59 Å². The van der Waals surface area contributed by atoms with Gasteiger partial charge in [0, 0.05) is 25.6 Å². The van der Waals surface area contributed by atoms with Crippen molar-refractivity contribution in [3.05, 3.63) is 26.7 Å². The highest BCUT2D eigenvalue weighted by Gasteiger charge is 2.21. The van der Waals surface area contributed by atoms with Gasteiger partial charge in [0.25, 0.3) is 5.56 Å². The van der Waals surface area contributed by atoms with Gasteiger partial charge in [-0.25, -0.2) is 9.78 Å². The number of rotatable bonds is 5. The number of nitrogens with zero attached hydrogens (tertiary/aromatic N) is 4. The molecule has 2 aromatic heterocycles. The number of hydrogen-bond donors (Lipinski definition) is 1. The summed E-state index contributed by atoms with van der Waals surface area (Å²) in [4.78, 5) is 29.6. The third-order valence-electron chi connectivity index (χ3n) is 3.66. The van der Waals surface area contributed by atoms with Gasteiger partial charge in [-0.05, 0) is 34.2 Å². The zero-order valence-electron chi connectivity index (χ0n) is 13.1. The van der Waals surface area contributed by atoms with Gasteiger partial charge >= 0.3 is 5.69 Å². The third kappa shape index (κ3) is 2.31. The molecule has 7 heteroatoms. The summed E-state index contributed by atoms with van der Waals surface area (Å²) in [5, 5.41) is 0. The maximum absolute atomic E-state index is 12.6. The van der Waals surface area contributed by atoms with Crippen molar-refractivity contribution in [3.63, 3.8) is 0 Å². The first-order valence-corrected chi connectivity index (χ1v) is 7.42. The fourth-order valence-corrected chi connectivity index (χ4v) is 2.70. The van der Waals surface area contributed by atoms with Crippen molar-refractivity contribution in [3.8, 4) is 0 Å².